The molecule has 1 saturated heterocycles. The molecule has 1 N–H and O–H groups in total. The minimum atomic E-state index is 0.0317. The van der Waals surface area contributed by atoms with Gasteiger partial charge < -0.3 is 10.2 Å². The smallest absolute Gasteiger partial charge is 0.236 e. The van der Waals surface area contributed by atoms with Gasteiger partial charge in [-0.15, -0.1) is 0 Å². The fourth-order valence-corrected chi connectivity index (χ4v) is 2.10. The van der Waals surface area contributed by atoms with Crippen LogP contribution in [0.15, 0.2) is 0 Å². The molecule has 0 spiro atoms. The molecule has 5 nitrogen and oxygen atoms in total. The second-order valence-electron chi connectivity index (χ2n) is 5.10. The Hall–Kier alpha value is -1.10. The van der Waals surface area contributed by atoms with Crippen LogP contribution in [0.3, 0.4) is 0 Å². The lowest BCUT2D eigenvalue weighted by atomic mass is 10.4. The van der Waals surface area contributed by atoms with Crippen molar-refractivity contribution >= 4 is 11.8 Å². The molecule has 1 aliphatic heterocycles. The van der Waals surface area contributed by atoms with Gasteiger partial charge in [-0.3, -0.25) is 14.5 Å². The lowest BCUT2D eigenvalue weighted by Gasteiger charge is -2.20. The molecule has 17 heavy (non-hydrogen) atoms. The summed E-state index contributed by atoms with van der Waals surface area (Å²) >= 11 is 0. The van der Waals surface area contributed by atoms with Gasteiger partial charge in [0.15, 0.2) is 0 Å². The van der Waals surface area contributed by atoms with Crippen LogP contribution >= 0.6 is 0 Å². The Balaban J connectivity index is 1.66. The summed E-state index contributed by atoms with van der Waals surface area (Å²) in [6, 6.07) is 0.394. The number of likely N-dealkylation sites (tertiary alicyclic amines) is 1. The van der Waals surface area contributed by atoms with Crippen LogP contribution in [0.5, 0.6) is 0 Å². The number of amides is 2. The van der Waals surface area contributed by atoms with Crippen LogP contribution in [-0.4, -0.2) is 60.9 Å². The summed E-state index contributed by atoms with van der Waals surface area (Å²) in [5, 5.41) is 2.92. The van der Waals surface area contributed by atoms with Gasteiger partial charge in [0, 0.05) is 19.1 Å². The molecule has 1 saturated carbocycles. The Morgan fingerprint density at radius 3 is 2.47 bits per heavy atom. The molecule has 0 aromatic rings. The first-order valence-electron chi connectivity index (χ1n) is 6.41. The standard InChI is InChI=1S/C12H21N3O2/c1-14(8-11(16)13-10-4-5-10)9-12(17)15-6-2-3-7-15/h10H,2-9H2,1H3,(H,13,16). The molecular weight excluding hydrogens is 218 g/mol. The number of hydrogen-bond donors (Lipinski definition) is 1. The largest absolute Gasteiger partial charge is 0.352 e. The third kappa shape index (κ3) is 4.00. The Morgan fingerprint density at radius 1 is 1.24 bits per heavy atom. The van der Waals surface area contributed by atoms with Gasteiger partial charge in [0.25, 0.3) is 0 Å². The van der Waals surface area contributed by atoms with Gasteiger partial charge in [-0.2, -0.15) is 0 Å². The van der Waals surface area contributed by atoms with E-state index in [-0.39, 0.29) is 11.8 Å². The van der Waals surface area contributed by atoms with Crippen molar-refractivity contribution in [3.8, 4) is 0 Å². The summed E-state index contributed by atoms with van der Waals surface area (Å²) in [5.74, 6) is 0.174. The number of nitrogens with zero attached hydrogens (tertiary/aromatic N) is 2. The highest BCUT2D eigenvalue weighted by Crippen LogP contribution is 2.18. The fraction of sp³-hybridized carbons (Fsp3) is 0.833. The van der Waals surface area contributed by atoms with Crippen LogP contribution in [0.2, 0.25) is 0 Å². The number of carbonyl (C=O) groups is 2. The van der Waals surface area contributed by atoms with E-state index in [1.54, 1.807) is 4.90 Å². The average molecular weight is 239 g/mol. The topological polar surface area (TPSA) is 52.7 Å². The highest BCUT2D eigenvalue weighted by molar-refractivity contribution is 5.81. The van der Waals surface area contributed by atoms with Crippen molar-refractivity contribution in [2.45, 2.75) is 31.7 Å². The molecular formula is C12H21N3O2. The highest BCUT2D eigenvalue weighted by Gasteiger charge is 2.24. The molecule has 0 bridgehead atoms. The first-order chi connectivity index (χ1) is 8.15. The van der Waals surface area contributed by atoms with Gasteiger partial charge in [0.05, 0.1) is 13.1 Å². The average Bonchev–Trinajstić information content (AvgIpc) is 2.90. The number of nitrogens with one attached hydrogen (secondary N) is 1. The van der Waals surface area contributed by atoms with Crippen LogP contribution < -0.4 is 5.32 Å². The van der Waals surface area contributed by atoms with E-state index in [0.717, 1.165) is 38.8 Å². The number of likely N-dealkylation sites (N-methyl/N-ethyl adjacent to an activating group) is 1. The third-order valence-electron chi connectivity index (χ3n) is 3.22. The molecule has 5 heteroatoms. The van der Waals surface area contributed by atoms with Crippen molar-refractivity contribution in [3.05, 3.63) is 0 Å². The van der Waals surface area contributed by atoms with Crippen molar-refractivity contribution in [3.63, 3.8) is 0 Å². The van der Waals surface area contributed by atoms with E-state index in [4.69, 9.17) is 0 Å². The minimum Gasteiger partial charge on any atom is -0.352 e. The Bertz CT molecular complexity index is 296. The van der Waals surface area contributed by atoms with E-state index in [1.165, 1.54) is 0 Å². The molecule has 1 aliphatic carbocycles. The summed E-state index contributed by atoms with van der Waals surface area (Å²) in [6.45, 7) is 2.41. The molecule has 0 aromatic heterocycles. The molecule has 2 rings (SSSR count). The van der Waals surface area contributed by atoms with Gasteiger partial charge in [0.1, 0.15) is 0 Å². The minimum absolute atomic E-state index is 0.0317. The second-order valence-corrected chi connectivity index (χ2v) is 5.10. The van der Waals surface area contributed by atoms with Crippen LogP contribution in [0.25, 0.3) is 0 Å². The predicted octanol–water partition coefficient (Wildman–Crippen LogP) is -0.181. The molecule has 0 atom stereocenters. The van der Waals surface area contributed by atoms with Crippen molar-refractivity contribution in [2.24, 2.45) is 0 Å². The van der Waals surface area contributed by atoms with Crippen molar-refractivity contribution in [2.75, 3.05) is 33.2 Å². The Labute approximate surface area is 102 Å². The predicted molar refractivity (Wildman–Crippen MR) is 64.5 cm³/mol. The monoisotopic (exact) mass is 239 g/mol. The highest BCUT2D eigenvalue weighted by atomic mass is 16.2. The zero-order valence-corrected chi connectivity index (χ0v) is 10.4. The maximum Gasteiger partial charge on any atom is 0.236 e. The number of carbonyl (C=O) groups excluding carboxylic acids is 2. The molecule has 0 radical (unpaired) electrons. The van der Waals surface area contributed by atoms with E-state index >= 15 is 0 Å². The fourth-order valence-electron chi connectivity index (χ4n) is 2.10. The van der Waals surface area contributed by atoms with Crippen LogP contribution in [0.1, 0.15) is 25.7 Å². The first kappa shape index (κ1) is 12.4. The maximum absolute atomic E-state index is 11.8. The second kappa shape index (κ2) is 5.49. The van der Waals surface area contributed by atoms with Gasteiger partial charge in [0.2, 0.25) is 11.8 Å². The number of hydrogen-bond acceptors (Lipinski definition) is 3. The zero-order valence-electron chi connectivity index (χ0n) is 10.4. The molecule has 1 heterocycles. The van der Waals surface area contributed by atoms with E-state index in [0.29, 0.717) is 19.1 Å². The van der Waals surface area contributed by atoms with Gasteiger partial charge in [-0.05, 0) is 32.7 Å². The molecule has 0 unspecified atom stereocenters. The first-order valence-corrected chi connectivity index (χ1v) is 6.41. The lowest BCUT2D eigenvalue weighted by molar-refractivity contribution is -0.131. The molecule has 2 aliphatic rings. The van der Waals surface area contributed by atoms with E-state index in [9.17, 15) is 9.59 Å². The van der Waals surface area contributed by atoms with Crippen LogP contribution in [0.4, 0.5) is 0 Å². The summed E-state index contributed by atoms with van der Waals surface area (Å²) < 4.78 is 0. The number of rotatable bonds is 5. The quantitative estimate of drug-likeness (QED) is 0.724. The Kier molecular flexibility index (Phi) is 3.99. The van der Waals surface area contributed by atoms with Crippen molar-refractivity contribution in [1.82, 2.24) is 15.1 Å². The summed E-state index contributed by atoms with van der Waals surface area (Å²) in [4.78, 5) is 27.0. The SMILES string of the molecule is CN(CC(=O)NC1CC1)CC(=O)N1CCCC1. The molecule has 96 valence electrons. The van der Waals surface area contributed by atoms with Crippen LogP contribution in [0, 0.1) is 0 Å². The lowest BCUT2D eigenvalue weighted by Crippen LogP contribution is -2.42. The van der Waals surface area contributed by atoms with Gasteiger partial charge >= 0.3 is 0 Å². The summed E-state index contributed by atoms with van der Waals surface area (Å²) in [5.41, 5.74) is 0. The molecule has 2 amide bonds. The van der Waals surface area contributed by atoms with Gasteiger partial charge in [-0.25, -0.2) is 0 Å². The van der Waals surface area contributed by atoms with E-state index < -0.39 is 0 Å². The Morgan fingerprint density at radius 2 is 1.88 bits per heavy atom. The van der Waals surface area contributed by atoms with E-state index in [2.05, 4.69) is 5.32 Å². The normalized spacial score (nSPS) is 19.8. The third-order valence-corrected chi connectivity index (χ3v) is 3.22. The van der Waals surface area contributed by atoms with Crippen LogP contribution in [-0.2, 0) is 9.59 Å². The maximum atomic E-state index is 11.8. The summed E-state index contributed by atoms with van der Waals surface area (Å²) in [7, 11) is 1.82. The summed E-state index contributed by atoms with van der Waals surface area (Å²) in [6.07, 6.45) is 4.42. The molecule has 0 aromatic carbocycles. The van der Waals surface area contributed by atoms with Crippen molar-refractivity contribution < 1.29 is 9.59 Å². The van der Waals surface area contributed by atoms with Crippen molar-refractivity contribution in [1.29, 1.82) is 0 Å². The van der Waals surface area contributed by atoms with E-state index in [1.807, 2.05) is 11.9 Å². The molecule has 2 fully saturated rings. The zero-order chi connectivity index (χ0) is 12.3. The van der Waals surface area contributed by atoms with Gasteiger partial charge in [-0.1, -0.05) is 0 Å².